The van der Waals surface area contributed by atoms with E-state index in [4.69, 9.17) is 10.2 Å². The van der Waals surface area contributed by atoms with Crippen molar-refractivity contribution in [1.29, 1.82) is 0 Å². The zero-order chi connectivity index (χ0) is 10.0. The molecule has 2 rings (SSSR count). The van der Waals surface area contributed by atoms with Crippen LogP contribution in [0, 0.1) is 5.41 Å². The van der Waals surface area contributed by atoms with E-state index in [9.17, 15) is 4.79 Å². The van der Waals surface area contributed by atoms with E-state index < -0.39 is 0 Å². The van der Waals surface area contributed by atoms with Crippen molar-refractivity contribution in [2.75, 3.05) is 6.54 Å². The minimum Gasteiger partial charge on any atom is -0.472 e. The quantitative estimate of drug-likeness (QED) is 0.747. The van der Waals surface area contributed by atoms with Crippen LogP contribution in [0.2, 0.25) is 0 Å². The van der Waals surface area contributed by atoms with E-state index in [0.29, 0.717) is 12.1 Å². The summed E-state index contributed by atoms with van der Waals surface area (Å²) < 4.78 is 4.92. The van der Waals surface area contributed by atoms with Crippen LogP contribution in [0.5, 0.6) is 0 Å². The van der Waals surface area contributed by atoms with Crippen LogP contribution < -0.4 is 5.73 Å². The van der Waals surface area contributed by atoms with Crippen molar-refractivity contribution in [1.82, 2.24) is 0 Å². The Balaban J connectivity index is 2.24. The molecular formula is C11H15NO2. The highest BCUT2D eigenvalue weighted by atomic mass is 16.3. The van der Waals surface area contributed by atoms with Crippen LogP contribution in [0.15, 0.2) is 23.0 Å². The molecule has 0 radical (unpaired) electrons. The van der Waals surface area contributed by atoms with Gasteiger partial charge in [-0.25, -0.2) is 0 Å². The lowest BCUT2D eigenvalue weighted by Crippen LogP contribution is -2.35. The first-order valence-electron chi connectivity index (χ1n) is 5.06. The number of rotatable bonds is 3. The Morgan fingerprint density at radius 1 is 1.50 bits per heavy atom. The Bertz CT molecular complexity index is 310. The molecule has 0 aromatic carbocycles. The second-order valence-electron chi connectivity index (χ2n) is 4.03. The molecule has 1 aliphatic rings. The van der Waals surface area contributed by atoms with Crippen LogP contribution in [-0.4, -0.2) is 12.3 Å². The van der Waals surface area contributed by atoms with E-state index in [1.165, 1.54) is 12.5 Å². The molecule has 0 unspecified atom stereocenters. The lowest BCUT2D eigenvalue weighted by molar-refractivity contribution is 0.0809. The van der Waals surface area contributed by atoms with Crippen LogP contribution >= 0.6 is 0 Å². The Kier molecular flexibility index (Phi) is 2.42. The summed E-state index contributed by atoms with van der Waals surface area (Å²) in [5.74, 6) is 0.159. The summed E-state index contributed by atoms with van der Waals surface area (Å²) in [5.41, 5.74) is 6.09. The molecule has 3 nitrogen and oxygen atoms in total. The van der Waals surface area contributed by atoms with Crippen molar-refractivity contribution >= 4 is 5.78 Å². The number of hydrogen-bond acceptors (Lipinski definition) is 3. The van der Waals surface area contributed by atoms with Crippen molar-refractivity contribution in [2.24, 2.45) is 11.1 Å². The van der Waals surface area contributed by atoms with Crippen molar-refractivity contribution in [3.63, 3.8) is 0 Å². The first-order valence-corrected chi connectivity index (χ1v) is 5.06. The SMILES string of the molecule is NCC1(C(=O)c2ccoc2)CCCC1. The molecular weight excluding hydrogens is 178 g/mol. The summed E-state index contributed by atoms with van der Waals surface area (Å²) in [6.45, 7) is 0.455. The van der Waals surface area contributed by atoms with Crippen LogP contribution in [-0.2, 0) is 0 Å². The number of ketones is 1. The summed E-state index contributed by atoms with van der Waals surface area (Å²) in [4.78, 5) is 12.1. The van der Waals surface area contributed by atoms with Crippen molar-refractivity contribution in [2.45, 2.75) is 25.7 Å². The molecule has 0 spiro atoms. The molecule has 0 aliphatic heterocycles. The maximum atomic E-state index is 12.1. The van der Waals surface area contributed by atoms with Gasteiger partial charge in [-0.2, -0.15) is 0 Å². The molecule has 1 aliphatic carbocycles. The third-order valence-electron chi connectivity index (χ3n) is 3.22. The van der Waals surface area contributed by atoms with E-state index in [0.717, 1.165) is 25.7 Å². The van der Waals surface area contributed by atoms with Crippen LogP contribution in [0.3, 0.4) is 0 Å². The predicted octanol–water partition coefficient (Wildman–Crippen LogP) is 1.98. The standard InChI is InChI=1S/C11H15NO2/c12-8-11(4-1-2-5-11)10(13)9-3-6-14-7-9/h3,6-7H,1-2,4-5,8,12H2. The fourth-order valence-electron chi connectivity index (χ4n) is 2.28. The third kappa shape index (κ3) is 1.38. The monoisotopic (exact) mass is 193 g/mol. The fourth-order valence-corrected chi connectivity index (χ4v) is 2.28. The van der Waals surface area contributed by atoms with Gasteiger partial charge in [0.25, 0.3) is 0 Å². The summed E-state index contributed by atoms with van der Waals surface area (Å²) >= 11 is 0. The van der Waals surface area contributed by atoms with Gasteiger partial charge in [0, 0.05) is 12.0 Å². The molecule has 1 aromatic rings. The molecule has 0 bridgehead atoms. The minimum atomic E-state index is -0.302. The highest BCUT2D eigenvalue weighted by Crippen LogP contribution is 2.39. The maximum Gasteiger partial charge on any atom is 0.173 e. The van der Waals surface area contributed by atoms with Gasteiger partial charge >= 0.3 is 0 Å². The Morgan fingerprint density at radius 3 is 2.71 bits per heavy atom. The fraction of sp³-hybridized carbons (Fsp3) is 0.545. The molecule has 0 atom stereocenters. The van der Waals surface area contributed by atoms with Crippen LogP contribution in [0.25, 0.3) is 0 Å². The number of carbonyl (C=O) groups is 1. The summed E-state index contributed by atoms with van der Waals surface area (Å²) in [6, 6.07) is 1.72. The highest BCUT2D eigenvalue weighted by molar-refractivity contribution is 6.00. The Morgan fingerprint density at radius 2 is 2.21 bits per heavy atom. The van der Waals surface area contributed by atoms with Crippen molar-refractivity contribution in [3.8, 4) is 0 Å². The predicted molar refractivity (Wildman–Crippen MR) is 53.0 cm³/mol. The molecule has 1 aromatic heterocycles. The summed E-state index contributed by atoms with van der Waals surface area (Å²) in [7, 11) is 0. The smallest absolute Gasteiger partial charge is 0.173 e. The van der Waals surface area contributed by atoms with Gasteiger partial charge in [0.05, 0.1) is 11.8 Å². The molecule has 0 amide bonds. The first kappa shape index (κ1) is 9.46. The maximum absolute atomic E-state index is 12.1. The molecule has 2 N–H and O–H groups in total. The topological polar surface area (TPSA) is 56.2 Å². The summed E-state index contributed by atoms with van der Waals surface area (Å²) in [5, 5.41) is 0. The first-order chi connectivity index (χ1) is 6.78. The molecule has 1 saturated carbocycles. The van der Waals surface area contributed by atoms with Gasteiger partial charge in [0.15, 0.2) is 5.78 Å². The number of hydrogen-bond donors (Lipinski definition) is 1. The van der Waals surface area contributed by atoms with Crippen molar-refractivity contribution in [3.05, 3.63) is 24.2 Å². The second kappa shape index (κ2) is 3.58. The number of carbonyl (C=O) groups excluding carboxylic acids is 1. The van der Waals surface area contributed by atoms with Crippen LogP contribution in [0.4, 0.5) is 0 Å². The van der Waals surface area contributed by atoms with Gasteiger partial charge < -0.3 is 10.2 Å². The van der Waals surface area contributed by atoms with Gasteiger partial charge in [-0.3, -0.25) is 4.79 Å². The average Bonchev–Trinajstić information content (AvgIpc) is 2.89. The van der Waals surface area contributed by atoms with Gasteiger partial charge in [0.2, 0.25) is 0 Å². The van der Waals surface area contributed by atoms with E-state index in [-0.39, 0.29) is 11.2 Å². The van der Waals surface area contributed by atoms with Gasteiger partial charge in [-0.1, -0.05) is 12.8 Å². The third-order valence-corrected chi connectivity index (χ3v) is 3.22. The molecule has 3 heteroatoms. The van der Waals surface area contributed by atoms with E-state index in [1.807, 2.05) is 0 Å². The number of nitrogens with two attached hydrogens (primary N) is 1. The largest absolute Gasteiger partial charge is 0.472 e. The average molecular weight is 193 g/mol. The van der Waals surface area contributed by atoms with Gasteiger partial charge in [-0.05, 0) is 18.9 Å². The molecule has 0 saturated heterocycles. The number of Topliss-reactive ketones (excluding diaryl/α,β-unsaturated/α-hetero) is 1. The Labute approximate surface area is 83.3 Å². The van der Waals surface area contributed by atoms with E-state index in [1.54, 1.807) is 6.07 Å². The Hall–Kier alpha value is -1.09. The lowest BCUT2D eigenvalue weighted by Gasteiger charge is -2.24. The van der Waals surface area contributed by atoms with Gasteiger partial charge in [-0.15, -0.1) is 0 Å². The number of furan rings is 1. The summed E-state index contributed by atoms with van der Waals surface area (Å²) in [6.07, 6.45) is 7.12. The second-order valence-corrected chi connectivity index (χ2v) is 4.03. The van der Waals surface area contributed by atoms with Crippen molar-refractivity contribution < 1.29 is 9.21 Å². The van der Waals surface area contributed by atoms with E-state index in [2.05, 4.69) is 0 Å². The molecule has 76 valence electrons. The lowest BCUT2D eigenvalue weighted by atomic mass is 9.79. The minimum absolute atomic E-state index is 0.159. The zero-order valence-electron chi connectivity index (χ0n) is 8.16. The highest BCUT2D eigenvalue weighted by Gasteiger charge is 2.40. The van der Waals surface area contributed by atoms with E-state index >= 15 is 0 Å². The van der Waals surface area contributed by atoms with Crippen LogP contribution in [0.1, 0.15) is 36.0 Å². The normalized spacial score (nSPS) is 19.8. The zero-order valence-corrected chi connectivity index (χ0v) is 8.16. The molecule has 14 heavy (non-hydrogen) atoms. The molecule has 1 heterocycles. The molecule has 1 fully saturated rings. The van der Waals surface area contributed by atoms with Gasteiger partial charge in [0.1, 0.15) is 6.26 Å².